The Morgan fingerprint density at radius 2 is 1.86 bits per heavy atom. The first kappa shape index (κ1) is 10.2. The van der Waals surface area contributed by atoms with Crippen LogP contribution in [0.2, 0.25) is 0 Å². The van der Waals surface area contributed by atoms with Crippen molar-refractivity contribution in [2.75, 3.05) is 27.3 Å². The molecular weight excluding hydrogens is 117 g/mol. The quantitative estimate of drug-likeness (QED) is 0.534. The second-order valence-electron chi connectivity index (χ2n) is 1.49. The van der Waals surface area contributed by atoms with Gasteiger partial charge in [0.2, 0.25) is 0 Å². The van der Waals surface area contributed by atoms with E-state index in [1.165, 1.54) is 0 Å². The van der Waals surface area contributed by atoms with Gasteiger partial charge in [0.25, 0.3) is 0 Å². The van der Waals surface area contributed by atoms with E-state index in [1.807, 2.05) is 14.1 Å². The van der Waals surface area contributed by atoms with Gasteiger partial charge in [0.05, 0.1) is 0 Å². The Morgan fingerprint density at radius 1 is 1.43 bits per heavy atom. The lowest BCUT2D eigenvalue weighted by atomic mass is 10.7. The summed E-state index contributed by atoms with van der Waals surface area (Å²) >= 11 is 0. The summed E-state index contributed by atoms with van der Waals surface area (Å²) in [5, 5.41) is 0. The molecule has 3 heteroatoms. The molecule has 0 rings (SSSR count). The lowest BCUT2D eigenvalue weighted by Gasteiger charge is -2.02. The minimum absolute atomic E-state index is 0. The van der Waals surface area contributed by atoms with Gasteiger partial charge in [-0.05, 0) is 14.1 Å². The maximum atomic E-state index is 11.2. The Kier molecular flexibility index (Phi) is 9.02. The van der Waals surface area contributed by atoms with E-state index in [4.69, 9.17) is 0 Å². The van der Waals surface area contributed by atoms with Crippen LogP contribution in [0.4, 0.5) is 4.39 Å². The van der Waals surface area contributed by atoms with Crippen LogP contribution in [0.3, 0.4) is 0 Å². The third-order valence-corrected chi connectivity index (χ3v) is 0.532. The first-order valence-corrected chi connectivity index (χ1v) is 1.98. The summed E-state index contributed by atoms with van der Waals surface area (Å²) in [4.78, 5) is 1.81. The second kappa shape index (κ2) is 6.18. The molecule has 0 aromatic heterocycles. The zero-order valence-electron chi connectivity index (χ0n) is 4.65. The van der Waals surface area contributed by atoms with Crippen molar-refractivity contribution in [1.82, 2.24) is 4.90 Å². The number of hydrogen-bond acceptors (Lipinski definition) is 1. The minimum Gasteiger partial charge on any atom is -0.307 e. The van der Waals surface area contributed by atoms with Crippen LogP contribution in [0.1, 0.15) is 0 Å². The van der Waals surface area contributed by atoms with Gasteiger partial charge in [-0.1, -0.05) is 0 Å². The lowest BCUT2D eigenvalue weighted by Crippen LogP contribution is -2.13. The van der Waals surface area contributed by atoms with Crippen LogP contribution in [-0.2, 0) is 0 Å². The summed E-state index contributed by atoms with van der Waals surface area (Å²) in [6.45, 7) is 0.299. The van der Waals surface area contributed by atoms with Crippen LogP contribution < -0.4 is 0 Å². The molecule has 0 aliphatic carbocycles. The van der Waals surface area contributed by atoms with Gasteiger partial charge in [-0.15, -0.1) is 12.4 Å². The highest BCUT2D eigenvalue weighted by atomic mass is 35.5. The summed E-state index contributed by atoms with van der Waals surface area (Å²) in [5.74, 6) is 0. The Balaban J connectivity index is 0. The second-order valence-corrected chi connectivity index (χ2v) is 1.49. The maximum absolute atomic E-state index is 11.2. The SMILES string of the molecule is CN(C)CCF.Cl. The first-order valence-electron chi connectivity index (χ1n) is 1.98. The van der Waals surface area contributed by atoms with E-state index in [-0.39, 0.29) is 19.1 Å². The van der Waals surface area contributed by atoms with E-state index >= 15 is 0 Å². The van der Waals surface area contributed by atoms with Gasteiger partial charge in [0, 0.05) is 6.54 Å². The number of nitrogens with zero attached hydrogens (tertiary/aromatic N) is 1. The smallest absolute Gasteiger partial charge is 0.102 e. The zero-order chi connectivity index (χ0) is 4.99. The molecule has 0 N–H and O–H groups in total. The van der Waals surface area contributed by atoms with E-state index in [0.717, 1.165) is 0 Å². The number of alkyl halides is 1. The molecule has 0 radical (unpaired) electrons. The summed E-state index contributed by atoms with van der Waals surface area (Å²) in [7, 11) is 3.69. The standard InChI is InChI=1S/C4H10FN.ClH/c1-6(2)4-3-5;/h3-4H2,1-2H3;1H. The van der Waals surface area contributed by atoms with Gasteiger partial charge >= 0.3 is 0 Å². The molecule has 0 heterocycles. The van der Waals surface area contributed by atoms with Gasteiger partial charge in [-0.2, -0.15) is 0 Å². The predicted octanol–water partition coefficient (Wildman–Crippen LogP) is 0.939. The molecule has 46 valence electrons. The normalized spacial score (nSPS) is 8.57. The summed E-state index contributed by atoms with van der Waals surface area (Å²) in [6.07, 6.45) is 0. The molecule has 0 saturated carbocycles. The van der Waals surface area contributed by atoms with Crippen LogP contribution in [-0.4, -0.2) is 32.2 Å². The molecule has 0 aliphatic heterocycles. The topological polar surface area (TPSA) is 3.24 Å². The van der Waals surface area contributed by atoms with Crippen LogP contribution in [0, 0.1) is 0 Å². The van der Waals surface area contributed by atoms with E-state index in [1.54, 1.807) is 4.90 Å². The van der Waals surface area contributed by atoms with Crippen molar-refractivity contribution in [2.45, 2.75) is 0 Å². The molecule has 1 nitrogen and oxygen atoms in total. The van der Waals surface area contributed by atoms with Gasteiger partial charge in [-0.3, -0.25) is 0 Å². The molecule has 0 atom stereocenters. The average molecular weight is 128 g/mol. The van der Waals surface area contributed by atoms with E-state index in [2.05, 4.69) is 0 Å². The van der Waals surface area contributed by atoms with E-state index < -0.39 is 0 Å². The Labute approximate surface area is 49.9 Å². The highest BCUT2D eigenvalue weighted by Gasteiger charge is 1.82. The molecular formula is C4H11ClFN. The molecule has 0 bridgehead atoms. The van der Waals surface area contributed by atoms with Gasteiger partial charge in [-0.25, -0.2) is 4.39 Å². The monoisotopic (exact) mass is 127 g/mol. The first-order chi connectivity index (χ1) is 2.77. The predicted molar refractivity (Wildman–Crippen MR) is 31.8 cm³/mol. The maximum Gasteiger partial charge on any atom is 0.102 e. The van der Waals surface area contributed by atoms with Crippen molar-refractivity contribution >= 4 is 12.4 Å². The van der Waals surface area contributed by atoms with Crippen molar-refractivity contribution in [1.29, 1.82) is 0 Å². The van der Waals surface area contributed by atoms with Gasteiger partial charge in [0.1, 0.15) is 6.67 Å². The minimum atomic E-state index is -0.243. The van der Waals surface area contributed by atoms with Gasteiger partial charge < -0.3 is 4.90 Å². The van der Waals surface area contributed by atoms with Crippen molar-refractivity contribution in [3.8, 4) is 0 Å². The van der Waals surface area contributed by atoms with Crippen LogP contribution in [0.5, 0.6) is 0 Å². The fourth-order valence-corrected chi connectivity index (χ4v) is 0.169. The highest BCUT2D eigenvalue weighted by Crippen LogP contribution is 1.71. The third kappa shape index (κ3) is 10.7. The molecule has 0 unspecified atom stereocenters. The zero-order valence-corrected chi connectivity index (χ0v) is 5.46. The van der Waals surface area contributed by atoms with Crippen molar-refractivity contribution in [3.05, 3.63) is 0 Å². The van der Waals surface area contributed by atoms with Crippen LogP contribution in [0.15, 0.2) is 0 Å². The molecule has 0 aromatic rings. The number of rotatable bonds is 2. The Hall–Kier alpha value is 0.180. The number of hydrogen-bond donors (Lipinski definition) is 0. The van der Waals surface area contributed by atoms with Crippen LogP contribution >= 0.6 is 12.4 Å². The highest BCUT2D eigenvalue weighted by molar-refractivity contribution is 5.85. The molecule has 0 aromatic carbocycles. The molecule has 0 aliphatic rings. The van der Waals surface area contributed by atoms with Crippen LogP contribution in [0.25, 0.3) is 0 Å². The average Bonchev–Trinajstić information content (AvgIpc) is 1.35. The molecule has 0 spiro atoms. The number of halogens is 2. The summed E-state index contributed by atoms with van der Waals surface area (Å²) in [5.41, 5.74) is 0. The third-order valence-electron chi connectivity index (χ3n) is 0.532. The molecule has 7 heavy (non-hydrogen) atoms. The summed E-state index contributed by atoms with van der Waals surface area (Å²) in [6, 6.07) is 0. The fraction of sp³-hybridized carbons (Fsp3) is 1.00. The van der Waals surface area contributed by atoms with Gasteiger partial charge in [0.15, 0.2) is 0 Å². The largest absolute Gasteiger partial charge is 0.307 e. The molecule has 0 amide bonds. The fourth-order valence-electron chi connectivity index (χ4n) is 0.169. The van der Waals surface area contributed by atoms with Crippen molar-refractivity contribution in [2.24, 2.45) is 0 Å². The Morgan fingerprint density at radius 3 is 1.86 bits per heavy atom. The van der Waals surface area contributed by atoms with Crippen molar-refractivity contribution < 1.29 is 4.39 Å². The molecule has 0 saturated heterocycles. The molecule has 0 fully saturated rings. The Bertz CT molecular complexity index is 32.9. The van der Waals surface area contributed by atoms with Crippen molar-refractivity contribution in [3.63, 3.8) is 0 Å². The summed E-state index contributed by atoms with van der Waals surface area (Å²) < 4.78 is 11.2. The van der Waals surface area contributed by atoms with E-state index in [9.17, 15) is 4.39 Å². The lowest BCUT2D eigenvalue weighted by molar-refractivity contribution is 0.344. The van der Waals surface area contributed by atoms with E-state index in [0.29, 0.717) is 6.54 Å².